The van der Waals surface area contributed by atoms with Crippen LogP contribution in [0, 0.1) is 0 Å². The molecule has 1 aliphatic rings. The van der Waals surface area contributed by atoms with Crippen LogP contribution in [0.5, 0.6) is 11.5 Å². The second-order valence-corrected chi connectivity index (χ2v) is 9.66. The van der Waals surface area contributed by atoms with Gasteiger partial charge in [0.1, 0.15) is 37.8 Å². The molecule has 6 nitrogen and oxygen atoms in total. The van der Waals surface area contributed by atoms with Crippen LogP contribution in [0.15, 0.2) is 36.4 Å². The number of carbonyl (C=O) groups is 2. The number of hydrogen-bond donors (Lipinski definition) is 0. The molecule has 0 aliphatic heterocycles. The lowest BCUT2D eigenvalue weighted by molar-refractivity contribution is -0.906. The Labute approximate surface area is 204 Å². The van der Waals surface area contributed by atoms with E-state index in [2.05, 4.69) is 41.8 Å². The zero-order chi connectivity index (χ0) is 24.9. The van der Waals surface area contributed by atoms with Gasteiger partial charge in [0.05, 0.1) is 51.4 Å². The van der Waals surface area contributed by atoms with Crippen LogP contribution < -0.4 is 9.47 Å². The van der Waals surface area contributed by atoms with Gasteiger partial charge in [0.2, 0.25) is 0 Å². The van der Waals surface area contributed by atoms with Crippen molar-refractivity contribution < 1.29 is 28.0 Å². The van der Waals surface area contributed by atoms with Crippen LogP contribution in [-0.2, 0) is 0 Å². The highest BCUT2D eigenvalue weighted by Gasteiger charge is 2.35. The van der Waals surface area contributed by atoms with E-state index in [-0.39, 0.29) is 11.6 Å². The van der Waals surface area contributed by atoms with Crippen molar-refractivity contribution in [3.63, 3.8) is 0 Å². The van der Waals surface area contributed by atoms with Gasteiger partial charge in [-0.1, -0.05) is 24.3 Å². The fourth-order valence-corrected chi connectivity index (χ4v) is 4.24. The lowest BCUT2D eigenvalue weighted by Crippen LogP contribution is -2.46. The van der Waals surface area contributed by atoms with Crippen LogP contribution in [0.3, 0.4) is 0 Å². The Morgan fingerprint density at radius 1 is 0.618 bits per heavy atom. The molecule has 0 spiro atoms. The summed E-state index contributed by atoms with van der Waals surface area (Å²) in [6.45, 7) is 15.2. The van der Waals surface area contributed by atoms with Gasteiger partial charge >= 0.3 is 0 Å². The van der Waals surface area contributed by atoms with E-state index >= 15 is 0 Å². The van der Waals surface area contributed by atoms with E-state index in [9.17, 15) is 9.59 Å². The fraction of sp³-hybridized carbons (Fsp3) is 0.500. The quantitative estimate of drug-likeness (QED) is 0.374. The monoisotopic (exact) mass is 468 g/mol. The first-order valence-corrected chi connectivity index (χ1v) is 12.5. The number of carbonyl (C=O) groups excluding carboxylic acids is 2. The number of benzene rings is 2. The Balaban J connectivity index is 1.94. The van der Waals surface area contributed by atoms with Gasteiger partial charge in [-0.25, -0.2) is 0 Å². The molecule has 184 valence electrons. The summed E-state index contributed by atoms with van der Waals surface area (Å²) in [5.74, 6) is 0.543. The van der Waals surface area contributed by atoms with Crippen LogP contribution in [0.25, 0.3) is 0 Å². The van der Waals surface area contributed by atoms with Gasteiger partial charge < -0.3 is 18.4 Å². The molecule has 0 aromatic heterocycles. The van der Waals surface area contributed by atoms with E-state index in [1.165, 1.54) is 0 Å². The largest absolute Gasteiger partial charge is 0.487 e. The van der Waals surface area contributed by atoms with Crippen LogP contribution in [0.2, 0.25) is 0 Å². The van der Waals surface area contributed by atoms with Gasteiger partial charge in [0.15, 0.2) is 11.6 Å². The van der Waals surface area contributed by atoms with E-state index in [0.717, 1.165) is 48.2 Å². The van der Waals surface area contributed by atoms with Gasteiger partial charge in [-0.05, 0) is 39.8 Å². The molecule has 34 heavy (non-hydrogen) atoms. The summed E-state index contributed by atoms with van der Waals surface area (Å²) in [7, 11) is 4.39. The van der Waals surface area contributed by atoms with E-state index < -0.39 is 0 Å². The number of fused-ring (bicyclic) bond motifs is 2. The van der Waals surface area contributed by atoms with Crippen LogP contribution in [0.1, 0.15) is 59.5 Å². The summed E-state index contributed by atoms with van der Waals surface area (Å²) in [6.07, 6.45) is 0. The molecular formula is C28H40N2O4+2. The van der Waals surface area contributed by atoms with Gasteiger partial charge in [0, 0.05) is 11.1 Å². The second kappa shape index (κ2) is 10.7. The number of nitrogens with zero attached hydrogens (tertiary/aromatic N) is 2. The maximum Gasteiger partial charge on any atom is 0.198 e. The van der Waals surface area contributed by atoms with Crippen LogP contribution >= 0.6 is 0 Å². The highest BCUT2D eigenvalue weighted by atomic mass is 16.5. The lowest BCUT2D eigenvalue weighted by atomic mass is 9.83. The van der Waals surface area contributed by atoms with Crippen LogP contribution in [0.4, 0.5) is 0 Å². The molecule has 0 heterocycles. The van der Waals surface area contributed by atoms with Crippen molar-refractivity contribution in [2.24, 2.45) is 0 Å². The first-order valence-electron chi connectivity index (χ1n) is 12.5. The standard InChI is InChI=1S/C28H40N2O4/c1-7-29(5,8-2)17-19-33-23-15-16-24(34-20-18-30(6,9-3)10-4)26-25(23)27(31)21-13-11-12-14-22(21)28(26)32/h11-16H,7-10,17-20H2,1-6H3/q+2. The van der Waals surface area contributed by atoms with E-state index in [1.54, 1.807) is 36.4 Å². The number of ether oxygens (including phenoxy) is 2. The van der Waals surface area contributed by atoms with Crippen molar-refractivity contribution in [3.8, 4) is 11.5 Å². The molecule has 6 heteroatoms. The minimum atomic E-state index is -0.184. The van der Waals surface area contributed by atoms with Crippen LogP contribution in [-0.4, -0.2) is 87.1 Å². The van der Waals surface area contributed by atoms with Crippen molar-refractivity contribution in [1.29, 1.82) is 0 Å². The van der Waals surface area contributed by atoms with Gasteiger partial charge in [0.25, 0.3) is 0 Å². The zero-order valence-corrected chi connectivity index (χ0v) is 21.6. The Bertz CT molecular complexity index is 957. The van der Waals surface area contributed by atoms with Gasteiger partial charge in [-0.15, -0.1) is 0 Å². The molecule has 0 unspecified atom stereocenters. The molecule has 3 rings (SSSR count). The Morgan fingerprint density at radius 3 is 1.29 bits per heavy atom. The minimum Gasteiger partial charge on any atom is -0.487 e. The molecule has 0 bridgehead atoms. The van der Waals surface area contributed by atoms with E-state index in [4.69, 9.17) is 9.47 Å². The number of rotatable bonds is 12. The third-order valence-electron chi connectivity index (χ3n) is 7.83. The zero-order valence-electron chi connectivity index (χ0n) is 21.6. The summed E-state index contributed by atoms with van der Waals surface area (Å²) < 4.78 is 14.0. The van der Waals surface area contributed by atoms with Crippen molar-refractivity contribution in [3.05, 3.63) is 58.7 Å². The first-order chi connectivity index (χ1) is 16.2. The van der Waals surface area contributed by atoms with Gasteiger partial charge in [-0.3, -0.25) is 9.59 Å². The van der Waals surface area contributed by atoms with Crippen molar-refractivity contribution in [2.45, 2.75) is 27.7 Å². The molecule has 0 saturated carbocycles. The predicted octanol–water partition coefficient (Wildman–Crippen LogP) is 4.19. The third-order valence-corrected chi connectivity index (χ3v) is 7.83. The Hall–Kier alpha value is -2.70. The van der Waals surface area contributed by atoms with Crippen molar-refractivity contribution in [2.75, 3.05) is 66.6 Å². The van der Waals surface area contributed by atoms with Crippen molar-refractivity contribution >= 4 is 11.6 Å². The summed E-state index contributed by atoms with van der Waals surface area (Å²) in [5, 5.41) is 0. The number of likely N-dealkylation sites (N-methyl/N-ethyl adjacent to an activating group) is 2. The average Bonchev–Trinajstić information content (AvgIpc) is 2.87. The minimum absolute atomic E-state index is 0.184. The van der Waals surface area contributed by atoms with E-state index in [0.29, 0.717) is 47.0 Å². The summed E-state index contributed by atoms with van der Waals surface area (Å²) in [5.41, 5.74) is 1.50. The molecule has 2 aromatic rings. The SMILES string of the molecule is CC[N+](C)(CC)CCOc1ccc(OCC[N+](C)(CC)CC)c2c1C(=O)c1ccccc1C2=O. The maximum absolute atomic E-state index is 13.5. The molecule has 0 radical (unpaired) electrons. The Morgan fingerprint density at radius 2 is 0.971 bits per heavy atom. The lowest BCUT2D eigenvalue weighted by Gasteiger charge is -2.32. The Kier molecular flexibility index (Phi) is 8.16. The topological polar surface area (TPSA) is 52.6 Å². The fourth-order valence-electron chi connectivity index (χ4n) is 4.24. The molecule has 0 fully saturated rings. The molecule has 0 amide bonds. The third kappa shape index (κ3) is 5.18. The normalized spacial score (nSPS) is 13.5. The number of quaternary nitrogens is 2. The number of hydrogen-bond acceptors (Lipinski definition) is 4. The number of ketones is 2. The van der Waals surface area contributed by atoms with E-state index in [1.807, 2.05) is 0 Å². The molecule has 1 aliphatic carbocycles. The maximum atomic E-state index is 13.5. The highest BCUT2D eigenvalue weighted by molar-refractivity contribution is 6.30. The molecule has 0 N–H and O–H groups in total. The summed E-state index contributed by atoms with van der Waals surface area (Å²) >= 11 is 0. The average molecular weight is 469 g/mol. The highest BCUT2D eigenvalue weighted by Crippen LogP contribution is 2.38. The summed E-state index contributed by atoms with van der Waals surface area (Å²) in [6, 6.07) is 10.6. The predicted molar refractivity (Wildman–Crippen MR) is 135 cm³/mol. The molecule has 0 saturated heterocycles. The van der Waals surface area contributed by atoms with Gasteiger partial charge in [-0.2, -0.15) is 0 Å². The summed E-state index contributed by atoms with van der Waals surface area (Å²) in [4.78, 5) is 27.1. The molecular weight excluding hydrogens is 428 g/mol. The molecule has 2 aromatic carbocycles. The first kappa shape index (κ1) is 25.9. The smallest absolute Gasteiger partial charge is 0.198 e. The second-order valence-electron chi connectivity index (χ2n) is 9.66. The van der Waals surface area contributed by atoms with Crippen molar-refractivity contribution in [1.82, 2.24) is 0 Å². The molecule has 0 atom stereocenters.